The maximum absolute atomic E-state index is 11.1. The molecule has 0 radical (unpaired) electrons. The molecule has 6 nitrogen and oxygen atoms in total. The van der Waals surface area contributed by atoms with Crippen molar-refractivity contribution in [3.8, 4) is 0 Å². The zero-order chi connectivity index (χ0) is 11.3. The lowest BCUT2D eigenvalue weighted by Crippen LogP contribution is -2.38. The molecule has 0 aliphatic carbocycles. The number of carbonyl (C=O) groups excluding carboxylic acids is 1. The number of carbonyl (C=O) groups is 2. The van der Waals surface area contributed by atoms with Crippen molar-refractivity contribution in [3.05, 3.63) is 0 Å². The maximum atomic E-state index is 11.1. The smallest absolute Gasteiger partial charge is 0.316 e. The zero-order valence-electron chi connectivity index (χ0n) is 8.40. The Morgan fingerprint density at radius 2 is 2.27 bits per heavy atom. The molecular weight excluding hydrogens is 200 g/mol. The van der Waals surface area contributed by atoms with Crippen LogP contribution in [0.15, 0.2) is 0 Å². The number of hydrogen-bond donors (Lipinski definition) is 4. The average molecular weight is 216 g/mol. The van der Waals surface area contributed by atoms with Gasteiger partial charge in [-0.05, 0) is 38.3 Å². The quantitative estimate of drug-likeness (QED) is 0.291. The normalized spacial score (nSPS) is 23.1. The predicted octanol–water partition coefficient (Wildman–Crippen LogP) is -0.418. The fourth-order valence-corrected chi connectivity index (χ4v) is 1.86. The highest BCUT2D eigenvalue weighted by atomic mass is 16.5. The summed E-state index contributed by atoms with van der Waals surface area (Å²) >= 11 is 0. The summed E-state index contributed by atoms with van der Waals surface area (Å²) in [5.74, 6) is -2.99. The molecular formula is C9H16N2O4. The lowest BCUT2D eigenvalue weighted by molar-refractivity contribution is -0.151. The summed E-state index contributed by atoms with van der Waals surface area (Å²) in [6.45, 7) is 1.68. The summed E-state index contributed by atoms with van der Waals surface area (Å²) in [7, 11) is 0. The monoisotopic (exact) mass is 216 g/mol. The highest BCUT2D eigenvalue weighted by Gasteiger charge is 2.29. The van der Waals surface area contributed by atoms with Crippen LogP contribution in [0.2, 0.25) is 0 Å². The second-order valence-electron chi connectivity index (χ2n) is 3.81. The number of hydrogen-bond acceptors (Lipinski definition) is 4. The lowest BCUT2D eigenvalue weighted by Gasteiger charge is -2.24. The summed E-state index contributed by atoms with van der Waals surface area (Å²) in [5, 5.41) is 20.4. The minimum atomic E-state index is -1.19. The molecule has 1 aliphatic heterocycles. The average Bonchev–Trinajstić information content (AvgIpc) is 2.26. The third-order valence-electron chi connectivity index (χ3n) is 2.69. The van der Waals surface area contributed by atoms with E-state index in [0.717, 1.165) is 25.9 Å². The number of piperidine rings is 1. The largest absolute Gasteiger partial charge is 0.481 e. The van der Waals surface area contributed by atoms with Crippen LogP contribution >= 0.6 is 0 Å². The Labute approximate surface area is 87.6 Å². The van der Waals surface area contributed by atoms with E-state index in [9.17, 15) is 9.59 Å². The van der Waals surface area contributed by atoms with Crippen LogP contribution in [0.1, 0.15) is 19.3 Å². The van der Waals surface area contributed by atoms with Crippen LogP contribution in [0.25, 0.3) is 0 Å². The molecule has 15 heavy (non-hydrogen) atoms. The number of carboxylic acids is 1. The molecule has 6 heteroatoms. The van der Waals surface area contributed by atoms with Gasteiger partial charge in [0, 0.05) is 0 Å². The summed E-state index contributed by atoms with van der Waals surface area (Å²) in [6, 6.07) is 0. The number of carboxylic acid groups (broad SMARTS) is 1. The molecule has 1 fully saturated rings. The van der Waals surface area contributed by atoms with Gasteiger partial charge in [0.05, 0.1) is 0 Å². The molecule has 0 spiro atoms. The van der Waals surface area contributed by atoms with Crippen molar-refractivity contribution in [2.75, 3.05) is 13.1 Å². The Morgan fingerprint density at radius 3 is 2.73 bits per heavy atom. The minimum absolute atomic E-state index is 0.192. The third-order valence-corrected chi connectivity index (χ3v) is 2.69. The van der Waals surface area contributed by atoms with E-state index in [1.54, 1.807) is 0 Å². The Morgan fingerprint density at radius 1 is 1.53 bits per heavy atom. The van der Waals surface area contributed by atoms with Gasteiger partial charge in [0.15, 0.2) is 0 Å². The summed E-state index contributed by atoms with van der Waals surface area (Å²) in [5.41, 5.74) is 1.40. The van der Waals surface area contributed by atoms with Gasteiger partial charge in [0.1, 0.15) is 5.92 Å². The van der Waals surface area contributed by atoms with E-state index in [2.05, 4.69) is 5.32 Å². The van der Waals surface area contributed by atoms with Crippen molar-refractivity contribution in [3.63, 3.8) is 0 Å². The van der Waals surface area contributed by atoms with Gasteiger partial charge in [-0.2, -0.15) is 0 Å². The molecule has 2 atom stereocenters. The molecule has 1 saturated heterocycles. The minimum Gasteiger partial charge on any atom is -0.481 e. The Bertz CT molecular complexity index is 238. The van der Waals surface area contributed by atoms with Gasteiger partial charge in [-0.3, -0.25) is 14.8 Å². The van der Waals surface area contributed by atoms with Crippen LogP contribution in [0.5, 0.6) is 0 Å². The SMILES string of the molecule is O=C(O)C(CC1CCCNC1)C(=O)NO. The molecule has 4 N–H and O–H groups in total. The van der Waals surface area contributed by atoms with E-state index in [0.29, 0.717) is 0 Å². The van der Waals surface area contributed by atoms with E-state index in [4.69, 9.17) is 10.3 Å². The first-order valence-electron chi connectivity index (χ1n) is 5.02. The van der Waals surface area contributed by atoms with Crippen molar-refractivity contribution < 1.29 is 19.9 Å². The lowest BCUT2D eigenvalue weighted by atomic mass is 9.88. The highest BCUT2D eigenvalue weighted by molar-refractivity contribution is 5.96. The van der Waals surface area contributed by atoms with Crippen molar-refractivity contribution in [2.24, 2.45) is 11.8 Å². The maximum Gasteiger partial charge on any atom is 0.316 e. The molecule has 0 aromatic rings. The van der Waals surface area contributed by atoms with E-state index >= 15 is 0 Å². The van der Waals surface area contributed by atoms with Crippen LogP contribution in [0.4, 0.5) is 0 Å². The molecule has 1 heterocycles. The zero-order valence-corrected chi connectivity index (χ0v) is 8.40. The van der Waals surface area contributed by atoms with Gasteiger partial charge in [-0.15, -0.1) is 0 Å². The predicted molar refractivity (Wildman–Crippen MR) is 51.3 cm³/mol. The Hall–Kier alpha value is -1.14. The first-order chi connectivity index (χ1) is 7.15. The summed E-state index contributed by atoms with van der Waals surface area (Å²) in [6.07, 6.45) is 2.20. The molecule has 0 bridgehead atoms. The van der Waals surface area contributed by atoms with E-state index < -0.39 is 17.8 Å². The Balaban J connectivity index is 2.49. The van der Waals surface area contributed by atoms with Gasteiger partial charge in [-0.1, -0.05) is 0 Å². The second-order valence-corrected chi connectivity index (χ2v) is 3.81. The molecule has 1 aliphatic rings. The number of nitrogens with one attached hydrogen (secondary N) is 2. The van der Waals surface area contributed by atoms with Crippen LogP contribution in [0, 0.1) is 11.8 Å². The highest BCUT2D eigenvalue weighted by Crippen LogP contribution is 2.19. The van der Waals surface area contributed by atoms with Gasteiger partial charge in [0.25, 0.3) is 5.91 Å². The van der Waals surface area contributed by atoms with Gasteiger partial charge in [-0.25, -0.2) is 5.48 Å². The van der Waals surface area contributed by atoms with Crippen LogP contribution in [-0.4, -0.2) is 35.3 Å². The van der Waals surface area contributed by atoms with Crippen LogP contribution in [0.3, 0.4) is 0 Å². The molecule has 86 valence electrons. The van der Waals surface area contributed by atoms with Crippen molar-refractivity contribution in [1.29, 1.82) is 0 Å². The van der Waals surface area contributed by atoms with Gasteiger partial charge < -0.3 is 10.4 Å². The topological polar surface area (TPSA) is 98.7 Å². The fourth-order valence-electron chi connectivity index (χ4n) is 1.86. The van der Waals surface area contributed by atoms with Crippen molar-refractivity contribution >= 4 is 11.9 Å². The molecule has 2 unspecified atom stereocenters. The fraction of sp³-hybridized carbons (Fsp3) is 0.778. The first-order valence-corrected chi connectivity index (χ1v) is 5.02. The molecule has 0 saturated carbocycles. The van der Waals surface area contributed by atoms with Crippen LogP contribution < -0.4 is 10.8 Å². The molecule has 1 rings (SSSR count). The molecule has 1 amide bonds. The number of hydroxylamine groups is 1. The van der Waals surface area contributed by atoms with Crippen molar-refractivity contribution in [1.82, 2.24) is 10.8 Å². The first kappa shape index (κ1) is 11.9. The van der Waals surface area contributed by atoms with E-state index in [-0.39, 0.29) is 12.3 Å². The van der Waals surface area contributed by atoms with E-state index in [1.807, 2.05) is 0 Å². The molecule has 0 aromatic heterocycles. The van der Waals surface area contributed by atoms with Crippen molar-refractivity contribution in [2.45, 2.75) is 19.3 Å². The summed E-state index contributed by atoms with van der Waals surface area (Å²) < 4.78 is 0. The number of aliphatic carboxylic acids is 1. The standard InChI is InChI=1S/C9H16N2O4/c12-8(11-15)7(9(13)14)4-6-2-1-3-10-5-6/h6-7,10,15H,1-5H2,(H,11,12)(H,13,14). The van der Waals surface area contributed by atoms with Crippen LogP contribution in [-0.2, 0) is 9.59 Å². The summed E-state index contributed by atoms with van der Waals surface area (Å²) in [4.78, 5) is 21.8. The second kappa shape index (κ2) is 5.67. The van der Waals surface area contributed by atoms with Gasteiger partial charge in [0.2, 0.25) is 0 Å². The van der Waals surface area contributed by atoms with Gasteiger partial charge >= 0.3 is 5.97 Å². The number of rotatable bonds is 4. The van der Waals surface area contributed by atoms with E-state index in [1.165, 1.54) is 5.48 Å². The number of amides is 1. The third kappa shape index (κ3) is 3.49. The Kier molecular flexibility index (Phi) is 4.51. The molecule has 0 aromatic carbocycles.